The fraction of sp³-hybridized carbons (Fsp3) is 0.636. The fourth-order valence-electron chi connectivity index (χ4n) is 0.942. The van der Waals surface area contributed by atoms with Gasteiger partial charge in [-0.25, -0.2) is 4.98 Å². The zero-order valence-electron chi connectivity index (χ0n) is 10.3. The Morgan fingerprint density at radius 1 is 1.50 bits per heavy atom. The SMILES string of the molecule is C=C(CNC(C)(C)C)CSc1nc(C)ns1. The molecule has 0 saturated carbocycles. The van der Waals surface area contributed by atoms with Crippen LogP contribution < -0.4 is 5.32 Å². The first kappa shape index (κ1) is 13.7. The molecule has 0 aromatic carbocycles. The Hall–Kier alpha value is -0.390. The predicted molar refractivity (Wildman–Crippen MR) is 72.3 cm³/mol. The number of nitrogens with zero attached hydrogens (tertiary/aromatic N) is 2. The molecule has 0 unspecified atom stereocenters. The van der Waals surface area contributed by atoms with E-state index in [0.29, 0.717) is 0 Å². The van der Waals surface area contributed by atoms with E-state index in [0.717, 1.165) is 22.5 Å². The van der Waals surface area contributed by atoms with Gasteiger partial charge in [-0.2, -0.15) is 4.37 Å². The molecule has 0 atom stereocenters. The van der Waals surface area contributed by atoms with E-state index in [1.807, 2.05) is 6.92 Å². The van der Waals surface area contributed by atoms with Crippen molar-refractivity contribution >= 4 is 23.3 Å². The third kappa shape index (κ3) is 5.63. The molecule has 1 rings (SSSR count). The molecule has 0 aliphatic heterocycles. The van der Waals surface area contributed by atoms with Gasteiger partial charge in [-0.15, -0.1) is 0 Å². The van der Waals surface area contributed by atoms with E-state index in [-0.39, 0.29) is 5.54 Å². The van der Waals surface area contributed by atoms with Gasteiger partial charge in [0.15, 0.2) is 4.34 Å². The minimum absolute atomic E-state index is 0.146. The van der Waals surface area contributed by atoms with Crippen molar-refractivity contribution in [2.75, 3.05) is 12.3 Å². The van der Waals surface area contributed by atoms with Crippen LogP contribution in [0.4, 0.5) is 0 Å². The largest absolute Gasteiger partial charge is 0.308 e. The molecule has 0 bridgehead atoms. The Morgan fingerprint density at radius 2 is 2.19 bits per heavy atom. The molecule has 0 spiro atoms. The summed E-state index contributed by atoms with van der Waals surface area (Å²) in [6.07, 6.45) is 0. The second-order valence-electron chi connectivity index (χ2n) is 4.75. The number of hydrogen-bond acceptors (Lipinski definition) is 5. The van der Waals surface area contributed by atoms with E-state index in [2.05, 4.69) is 42.0 Å². The van der Waals surface area contributed by atoms with E-state index in [1.165, 1.54) is 17.1 Å². The van der Waals surface area contributed by atoms with Gasteiger partial charge in [-0.3, -0.25) is 0 Å². The zero-order chi connectivity index (χ0) is 12.2. The van der Waals surface area contributed by atoms with Gasteiger partial charge in [0.1, 0.15) is 5.82 Å². The highest BCUT2D eigenvalue weighted by molar-refractivity contribution is 8.01. The molecule has 0 saturated heterocycles. The van der Waals surface area contributed by atoms with Crippen molar-refractivity contribution in [2.24, 2.45) is 0 Å². The maximum absolute atomic E-state index is 4.30. The maximum Gasteiger partial charge on any atom is 0.170 e. The lowest BCUT2D eigenvalue weighted by Gasteiger charge is -2.21. The first-order valence-corrected chi connectivity index (χ1v) is 6.97. The Labute approximate surface area is 106 Å². The summed E-state index contributed by atoms with van der Waals surface area (Å²) < 4.78 is 5.17. The van der Waals surface area contributed by atoms with Gasteiger partial charge in [-0.05, 0) is 39.2 Å². The highest BCUT2D eigenvalue weighted by atomic mass is 32.2. The van der Waals surface area contributed by atoms with E-state index in [1.54, 1.807) is 11.8 Å². The van der Waals surface area contributed by atoms with Crippen LogP contribution in [0.5, 0.6) is 0 Å². The standard InChI is InChI=1S/C11H19N3S2/c1-8(6-12-11(3,4)5)7-15-10-13-9(2)14-16-10/h12H,1,6-7H2,2-5H3. The second kappa shape index (κ2) is 5.80. The smallest absolute Gasteiger partial charge is 0.170 e. The van der Waals surface area contributed by atoms with Crippen LogP contribution in [0, 0.1) is 6.92 Å². The lowest BCUT2D eigenvalue weighted by Crippen LogP contribution is -2.37. The van der Waals surface area contributed by atoms with Gasteiger partial charge < -0.3 is 5.32 Å². The van der Waals surface area contributed by atoms with Crippen LogP contribution in [0.3, 0.4) is 0 Å². The summed E-state index contributed by atoms with van der Waals surface area (Å²) in [5.74, 6) is 1.75. The Bertz CT molecular complexity index is 352. The van der Waals surface area contributed by atoms with Crippen LogP contribution in [-0.2, 0) is 0 Å². The summed E-state index contributed by atoms with van der Waals surface area (Å²) in [6.45, 7) is 13.3. The highest BCUT2D eigenvalue weighted by Crippen LogP contribution is 2.21. The van der Waals surface area contributed by atoms with Crippen molar-refractivity contribution in [3.05, 3.63) is 18.0 Å². The van der Waals surface area contributed by atoms with E-state index >= 15 is 0 Å². The van der Waals surface area contributed by atoms with Gasteiger partial charge in [-0.1, -0.05) is 23.9 Å². The zero-order valence-corrected chi connectivity index (χ0v) is 12.0. The molecule has 1 aromatic heterocycles. The lowest BCUT2D eigenvalue weighted by molar-refractivity contribution is 0.445. The summed E-state index contributed by atoms with van der Waals surface area (Å²) in [7, 11) is 0. The molecular weight excluding hydrogens is 238 g/mol. The highest BCUT2D eigenvalue weighted by Gasteiger charge is 2.09. The fourth-order valence-corrected chi connectivity index (χ4v) is 2.49. The molecule has 3 nitrogen and oxygen atoms in total. The number of thioether (sulfide) groups is 1. The minimum Gasteiger partial charge on any atom is -0.308 e. The van der Waals surface area contributed by atoms with Crippen molar-refractivity contribution in [1.29, 1.82) is 0 Å². The summed E-state index contributed by atoms with van der Waals surface area (Å²) >= 11 is 3.16. The van der Waals surface area contributed by atoms with Gasteiger partial charge in [0.25, 0.3) is 0 Å². The van der Waals surface area contributed by atoms with Crippen molar-refractivity contribution in [3.8, 4) is 0 Å². The predicted octanol–water partition coefficient (Wildman–Crippen LogP) is 2.88. The van der Waals surface area contributed by atoms with Crippen molar-refractivity contribution in [2.45, 2.75) is 37.6 Å². The van der Waals surface area contributed by atoms with E-state index in [9.17, 15) is 0 Å². The molecule has 0 aliphatic carbocycles. The van der Waals surface area contributed by atoms with E-state index in [4.69, 9.17) is 0 Å². The van der Waals surface area contributed by atoms with Crippen molar-refractivity contribution < 1.29 is 0 Å². The van der Waals surface area contributed by atoms with Crippen LogP contribution in [0.25, 0.3) is 0 Å². The van der Waals surface area contributed by atoms with Crippen LogP contribution in [0.15, 0.2) is 16.5 Å². The molecule has 0 fully saturated rings. The van der Waals surface area contributed by atoms with Gasteiger partial charge in [0.05, 0.1) is 0 Å². The van der Waals surface area contributed by atoms with Crippen LogP contribution >= 0.6 is 23.3 Å². The average Bonchev–Trinajstić information content (AvgIpc) is 2.57. The number of aryl methyl sites for hydroxylation is 1. The van der Waals surface area contributed by atoms with Crippen molar-refractivity contribution in [3.63, 3.8) is 0 Å². The van der Waals surface area contributed by atoms with Gasteiger partial charge >= 0.3 is 0 Å². The maximum atomic E-state index is 4.30. The monoisotopic (exact) mass is 257 g/mol. The van der Waals surface area contributed by atoms with Gasteiger partial charge in [0.2, 0.25) is 0 Å². The van der Waals surface area contributed by atoms with Crippen LogP contribution in [-0.4, -0.2) is 27.2 Å². The number of nitrogens with one attached hydrogen (secondary N) is 1. The molecular formula is C11H19N3S2. The Balaban J connectivity index is 2.25. The minimum atomic E-state index is 0.146. The summed E-state index contributed by atoms with van der Waals surface area (Å²) in [6, 6.07) is 0. The summed E-state index contributed by atoms with van der Waals surface area (Å²) in [5.41, 5.74) is 1.33. The average molecular weight is 257 g/mol. The summed E-state index contributed by atoms with van der Waals surface area (Å²) in [5, 5.41) is 3.42. The first-order valence-electron chi connectivity index (χ1n) is 5.21. The number of hydrogen-bond donors (Lipinski definition) is 1. The summed E-state index contributed by atoms with van der Waals surface area (Å²) in [4.78, 5) is 4.30. The molecule has 0 aliphatic rings. The normalized spacial score (nSPS) is 11.8. The Kier molecular flexibility index (Phi) is 4.95. The van der Waals surface area contributed by atoms with Gasteiger partial charge in [0, 0.05) is 17.8 Å². The van der Waals surface area contributed by atoms with E-state index < -0.39 is 0 Å². The first-order chi connectivity index (χ1) is 7.37. The third-order valence-corrected chi connectivity index (χ3v) is 3.85. The van der Waals surface area contributed by atoms with Crippen LogP contribution in [0.1, 0.15) is 26.6 Å². The molecule has 16 heavy (non-hydrogen) atoms. The molecule has 1 N–H and O–H groups in total. The molecule has 5 heteroatoms. The number of rotatable bonds is 5. The third-order valence-electron chi connectivity index (χ3n) is 1.78. The number of aromatic nitrogens is 2. The molecule has 0 amide bonds. The second-order valence-corrected chi connectivity index (χ2v) is 6.72. The molecule has 1 aromatic rings. The quantitative estimate of drug-likeness (QED) is 0.650. The Morgan fingerprint density at radius 3 is 2.69 bits per heavy atom. The van der Waals surface area contributed by atoms with Crippen LogP contribution in [0.2, 0.25) is 0 Å². The lowest BCUT2D eigenvalue weighted by atomic mass is 10.1. The molecule has 0 radical (unpaired) electrons. The topological polar surface area (TPSA) is 37.8 Å². The van der Waals surface area contributed by atoms with Crippen molar-refractivity contribution in [1.82, 2.24) is 14.7 Å². The molecule has 1 heterocycles. The molecule has 90 valence electrons.